The molecule has 3 rings (SSSR count). The SMILES string of the molecule is CNS(=O)(=O)c1cccc(-c2nc(C(C)(C)C)[nH]c2-c2ccnc(NC[C@H](C)NC(=O)OC)n2)c1F. The highest BCUT2D eigenvalue weighted by atomic mass is 32.2. The first-order chi connectivity index (χ1) is 16.9. The van der Waals surface area contributed by atoms with Gasteiger partial charge in [-0.2, -0.15) is 0 Å². The van der Waals surface area contributed by atoms with E-state index in [2.05, 4.69) is 40.0 Å². The fourth-order valence-corrected chi connectivity index (χ4v) is 4.08. The molecule has 194 valence electrons. The number of hydrogen-bond donors (Lipinski definition) is 4. The predicted octanol–water partition coefficient (Wildman–Crippen LogP) is 3.03. The lowest BCUT2D eigenvalue weighted by molar-refractivity contribution is 0.168. The molecular formula is C23H30FN7O4S. The van der Waals surface area contributed by atoms with Crippen molar-refractivity contribution < 1.29 is 22.3 Å². The molecule has 0 spiro atoms. The molecule has 1 amide bonds. The molecule has 0 saturated carbocycles. The number of benzene rings is 1. The second-order valence-corrected chi connectivity index (χ2v) is 10.9. The maximum absolute atomic E-state index is 15.5. The zero-order valence-corrected chi connectivity index (χ0v) is 21.7. The molecule has 36 heavy (non-hydrogen) atoms. The van der Waals surface area contributed by atoms with Gasteiger partial charge in [-0.05, 0) is 32.2 Å². The zero-order chi connectivity index (χ0) is 26.7. The van der Waals surface area contributed by atoms with Gasteiger partial charge < -0.3 is 20.4 Å². The molecule has 0 unspecified atom stereocenters. The van der Waals surface area contributed by atoms with Crippen LogP contribution < -0.4 is 15.4 Å². The highest BCUT2D eigenvalue weighted by Gasteiger charge is 2.27. The zero-order valence-electron chi connectivity index (χ0n) is 20.9. The molecule has 0 bridgehead atoms. The van der Waals surface area contributed by atoms with E-state index in [1.54, 1.807) is 13.0 Å². The fourth-order valence-electron chi connectivity index (χ4n) is 3.26. The largest absolute Gasteiger partial charge is 0.453 e. The van der Waals surface area contributed by atoms with Crippen LogP contribution in [0.1, 0.15) is 33.5 Å². The second-order valence-electron chi connectivity index (χ2n) is 9.07. The molecule has 3 aromatic rings. The number of methoxy groups -OCH3 is 1. The Bertz CT molecular complexity index is 1350. The summed E-state index contributed by atoms with van der Waals surface area (Å²) < 4.78 is 46.9. The minimum atomic E-state index is -4.03. The van der Waals surface area contributed by atoms with Crippen molar-refractivity contribution in [3.8, 4) is 22.6 Å². The molecule has 4 N–H and O–H groups in total. The van der Waals surface area contributed by atoms with E-state index in [1.165, 1.54) is 38.6 Å². The third-order valence-electron chi connectivity index (χ3n) is 5.22. The first kappa shape index (κ1) is 27.0. The molecule has 0 radical (unpaired) electrons. The summed E-state index contributed by atoms with van der Waals surface area (Å²) >= 11 is 0. The summed E-state index contributed by atoms with van der Waals surface area (Å²) in [4.78, 5) is 27.5. The summed E-state index contributed by atoms with van der Waals surface area (Å²) in [7, 11) is -1.53. The number of hydrogen-bond acceptors (Lipinski definition) is 8. The third-order valence-corrected chi connectivity index (χ3v) is 6.65. The molecule has 2 heterocycles. The van der Waals surface area contributed by atoms with Gasteiger partial charge >= 0.3 is 6.09 Å². The molecule has 13 heteroatoms. The van der Waals surface area contributed by atoms with Crippen molar-refractivity contribution in [2.75, 3.05) is 26.0 Å². The number of aromatic nitrogens is 4. The molecule has 0 aliphatic carbocycles. The third kappa shape index (κ3) is 5.97. The van der Waals surface area contributed by atoms with Crippen LogP contribution in [0.25, 0.3) is 22.6 Å². The van der Waals surface area contributed by atoms with Crippen molar-refractivity contribution in [2.24, 2.45) is 0 Å². The molecule has 0 aliphatic rings. The number of nitrogens with zero attached hydrogens (tertiary/aromatic N) is 3. The molecule has 0 fully saturated rings. The molecule has 0 aliphatic heterocycles. The summed E-state index contributed by atoms with van der Waals surface area (Å²) in [5, 5.41) is 5.67. The topological polar surface area (TPSA) is 151 Å². The number of carbonyl (C=O) groups excluding carboxylic acids is 1. The Morgan fingerprint density at radius 2 is 1.94 bits per heavy atom. The lowest BCUT2D eigenvalue weighted by Crippen LogP contribution is -2.37. The minimum absolute atomic E-state index is 0.0112. The van der Waals surface area contributed by atoms with Gasteiger partial charge in [0.15, 0.2) is 5.82 Å². The molecule has 1 atom stereocenters. The number of rotatable bonds is 8. The van der Waals surface area contributed by atoms with Gasteiger partial charge in [0.25, 0.3) is 0 Å². The number of H-pyrrole nitrogens is 1. The van der Waals surface area contributed by atoms with Gasteiger partial charge in [0.2, 0.25) is 16.0 Å². The fraction of sp³-hybridized carbons (Fsp3) is 0.391. The Balaban J connectivity index is 2.06. The monoisotopic (exact) mass is 519 g/mol. The smallest absolute Gasteiger partial charge is 0.407 e. The van der Waals surface area contributed by atoms with Crippen LogP contribution >= 0.6 is 0 Å². The number of nitrogens with one attached hydrogen (secondary N) is 4. The van der Waals surface area contributed by atoms with Gasteiger partial charge in [0, 0.05) is 29.8 Å². The summed E-state index contributed by atoms with van der Waals surface area (Å²) in [5.41, 5.74) is 0.638. The number of imidazole rings is 1. The maximum Gasteiger partial charge on any atom is 0.407 e. The van der Waals surface area contributed by atoms with Crippen LogP contribution in [0.5, 0.6) is 0 Å². The van der Waals surface area contributed by atoms with Crippen molar-refractivity contribution in [3.63, 3.8) is 0 Å². The van der Waals surface area contributed by atoms with Gasteiger partial charge in [-0.15, -0.1) is 0 Å². The van der Waals surface area contributed by atoms with Crippen LogP contribution in [0.15, 0.2) is 35.4 Å². The first-order valence-corrected chi connectivity index (χ1v) is 12.6. The van der Waals surface area contributed by atoms with E-state index >= 15 is 4.39 Å². The number of aromatic amines is 1. The number of anilines is 1. The van der Waals surface area contributed by atoms with Crippen molar-refractivity contribution >= 4 is 22.1 Å². The van der Waals surface area contributed by atoms with Crippen molar-refractivity contribution in [1.29, 1.82) is 0 Å². The normalized spacial score (nSPS) is 12.8. The van der Waals surface area contributed by atoms with Gasteiger partial charge in [-0.25, -0.2) is 37.3 Å². The van der Waals surface area contributed by atoms with Crippen LogP contribution in [0.2, 0.25) is 0 Å². The van der Waals surface area contributed by atoms with Crippen LogP contribution in [-0.4, -0.2) is 61.2 Å². The Hall–Kier alpha value is -3.58. The lowest BCUT2D eigenvalue weighted by Gasteiger charge is -2.14. The van der Waals surface area contributed by atoms with E-state index < -0.39 is 32.2 Å². The molecular weight excluding hydrogens is 489 g/mol. The van der Waals surface area contributed by atoms with E-state index in [9.17, 15) is 13.2 Å². The Morgan fingerprint density at radius 3 is 2.58 bits per heavy atom. The van der Waals surface area contributed by atoms with E-state index in [0.29, 0.717) is 23.8 Å². The number of amides is 1. The van der Waals surface area contributed by atoms with Gasteiger partial charge in [0.1, 0.15) is 16.4 Å². The summed E-state index contributed by atoms with van der Waals surface area (Å²) in [6, 6.07) is 5.48. The molecule has 2 aromatic heterocycles. The highest BCUT2D eigenvalue weighted by molar-refractivity contribution is 7.89. The molecule has 1 aromatic carbocycles. The van der Waals surface area contributed by atoms with Crippen molar-refractivity contribution in [1.82, 2.24) is 30.0 Å². The van der Waals surface area contributed by atoms with Gasteiger partial charge in [0.05, 0.1) is 18.5 Å². The van der Waals surface area contributed by atoms with Gasteiger partial charge in [-0.1, -0.05) is 26.8 Å². The lowest BCUT2D eigenvalue weighted by atomic mass is 9.96. The quantitative estimate of drug-likeness (QED) is 0.355. The first-order valence-electron chi connectivity index (χ1n) is 11.1. The van der Waals surface area contributed by atoms with Crippen LogP contribution in [-0.2, 0) is 20.2 Å². The van der Waals surface area contributed by atoms with E-state index in [4.69, 9.17) is 0 Å². The van der Waals surface area contributed by atoms with E-state index in [1.807, 2.05) is 20.8 Å². The number of alkyl carbamates (subject to hydrolysis) is 1. The Labute approximate surface area is 209 Å². The molecule has 11 nitrogen and oxygen atoms in total. The van der Waals surface area contributed by atoms with Crippen LogP contribution in [0.3, 0.4) is 0 Å². The number of ether oxygens (including phenoxy) is 1. The minimum Gasteiger partial charge on any atom is -0.453 e. The van der Waals surface area contributed by atoms with Crippen molar-refractivity contribution in [3.05, 3.63) is 42.1 Å². The summed E-state index contributed by atoms with van der Waals surface area (Å²) in [6.45, 7) is 7.94. The number of sulfonamides is 1. The highest BCUT2D eigenvalue weighted by Crippen LogP contribution is 2.35. The second kappa shape index (κ2) is 10.6. The average Bonchev–Trinajstić information content (AvgIpc) is 3.29. The number of carbonyl (C=O) groups is 1. The Morgan fingerprint density at radius 1 is 1.22 bits per heavy atom. The number of halogens is 1. The van der Waals surface area contributed by atoms with Crippen LogP contribution in [0.4, 0.5) is 15.1 Å². The Kier molecular flexibility index (Phi) is 7.94. The van der Waals surface area contributed by atoms with E-state index in [0.717, 1.165) is 0 Å². The van der Waals surface area contributed by atoms with Crippen molar-refractivity contribution in [2.45, 2.75) is 44.0 Å². The average molecular weight is 520 g/mol. The summed E-state index contributed by atoms with van der Waals surface area (Å²) in [6.07, 6.45) is 0.975. The molecule has 0 saturated heterocycles. The predicted molar refractivity (Wildman–Crippen MR) is 133 cm³/mol. The standard InChI is InChI=1S/C23H30FN7O4S/c1-13(28-22(32)35-6)12-27-21-26-11-10-15(29-21)19-18(30-20(31-19)23(2,3)4)14-8-7-9-16(17(14)24)36(33,34)25-5/h7-11,13,25H,12H2,1-6H3,(H,28,32)(H,30,31)(H,26,27,29)/t13-/m0/s1. The summed E-state index contributed by atoms with van der Waals surface area (Å²) in [5.74, 6) is -0.0798. The maximum atomic E-state index is 15.5. The van der Waals surface area contributed by atoms with Crippen LogP contribution in [0, 0.1) is 5.82 Å². The van der Waals surface area contributed by atoms with E-state index in [-0.39, 0.29) is 23.2 Å². The van der Waals surface area contributed by atoms with Gasteiger partial charge in [-0.3, -0.25) is 0 Å².